The number of nitrogens with zero attached hydrogens (tertiary/aromatic N) is 2. The summed E-state index contributed by atoms with van der Waals surface area (Å²) in [7, 11) is 0. The zero-order valence-electron chi connectivity index (χ0n) is 11.0. The standard InChI is InChI=1S/C16H16N2O2/c19-17-12-16(11-14-7-3-1-4-8-14)18-20-13-15-9-5-2-6-10-15/h1-10,12,19H,11,13H2. The molecule has 0 fully saturated rings. The van der Waals surface area contributed by atoms with Crippen LogP contribution in [0.25, 0.3) is 0 Å². The van der Waals surface area contributed by atoms with Crippen molar-refractivity contribution in [2.24, 2.45) is 10.3 Å². The second kappa shape index (κ2) is 7.74. The molecular weight excluding hydrogens is 252 g/mol. The van der Waals surface area contributed by atoms with Gasteiger partial charge in [0.05, 0.1) is 6.21 Å². The lowest BCUT2D eigenvalue weighted by Crippen LogP contribution is -2.06. The second-order valence-electron chi connectivity index (χ2n) is 4.25. The zero-order chi connectivity index (χ0) is 14.0. The topological polar surface area (TPSA) is 54.2 Å². The molecular formula is C16H16N2O2. The molecule has 0 heterocycles. The Labute approximate surface area is 118 Å². The Kier molecular flexibility index (Phi) is 5.34. The first kappa shape index (κ1) is 13.8. The maximum Gasteiger partial charge on any atom is 0.142 e. The van der Waals surface area contributed by atoms with Crippen LogP contribution in [0.2, 0.25) is 0 Å². The van der Waals surface area contributed by atoms with Crippen LogP contribution in [0.4, 0.5) is 0 Å². The summed E-state index contributed by atoms with van der Waals surface area (Å²) in [5, 5.41) is 15.7. The van der Waals surface area contributed by atoms with Gasteiger partial charge in [0, 0.05) is 6.42 Å². The lowest BCUT2D eigenvalue weighted by atomic mass is 10.1. The van der Waals surface area contributed by atoms with Gasteiger partial charge in [0.25, 0.3) is 0 Å². The molecule has 0 radical (unpaired) electrons. The molecule has 0 atom stereocenters. The Morgan fingerprint density at radius 2 is 1.55 bits per heavy atom. The summed E-state index contributed by atoms with van der Waals surface area (Å²) in [5.74, 6) is 0. The fraction of sp³-hybridized carbons (Fsp3) is 0.125. The summed E-state index contributed by atoms with van der Waals surface area (Å²) in [6.07, 6.45) is 1.84. The van der Waals surface area contributed by atoms with Gasteiger partial charge in [0.15, 0.2) is 0 Å². The highest BCUT2D eigenvalue weighted by Crippen LogP contribution is 2.03. The molecule has 0 aromatic heterocycles. The van der Waals surface area contributed by atoms with Crippen molar-refractivity contribution in [2.75, 3.05) is 0 Å². The van der Waals surface area contributed by atoms with Crippen molar-refractivity contribution in [1.29, 1.82) is 0 Å². The first-order valence-corrected chi connectivity index (χ1v) is 6.32. The summed E-state index contributed by atoms with van der Waals surface area (Å²) >= 11 is 0. The minimum atomic E-state index is 0.387. The van der Waals surface area contributed by atoms with Crippen molar-refractivity contribution >= 4 is 11.9 Å². The molecule has 0 saturated heterocycles. The predicted molar refractivity (Wildman–Crippen MR) is 79.1 cm³/mol. The lowest BCUT2D eigenvalue weighted by Gasteiger charge is -2.03. The molecule has 2 aromatic carbocycles. The number of rotatable bonds is 6. The minimum absolute atomic E-state index is 0.387. The third-order valence-corrected chi connectivity index (χ3v) is 2.69. The third kappa shape index (κ3) is 4.57. The maximum atomic E-state index is 8.66. The van der Waals surface area contributed by atoms with Gasteiger partial charge in [-0.3, -0.25) is 0 Å². The van der Waals surface area contributed by atoms with E-state index in [2.05, 4.69) is 10.3 Å². The van der Waals surface area contributed by atoms with E-state index in [1.54, 1.807) is 0 Å². The van der Waals surface area contributed by atoms with Crippen molar-refractivity contribution in [2.45, 2.75) is 13.0 Å². The molecule has 4 heteroatoms. The van der Waals surface area contributed by atoms with E-state index >= 15 is 0 Å². The summed E-state index contributed by atoms with van der Waals surface area (Å²) in [6, 6.07) is 19.6. The maximum absolute atomic E-state index is 8.66. The summed E-state index contributed by atoms with van der Waals surface area (Å²) in [5.41, 5.74) is 2.68. The highest BCUT2D eigenvalue weighted by molar-refractivity contribution is 6.30. The van der Waals surface area contributed by atoms with Crippen molar-refractivity contribution in [1.82, 2.24) is 0 Å². The Morgan fingerprint density at radius 1 is 0.950 bits per heavy atom. The molecule has 0 aliphatic rings. The van der Waals surface area contributed by atoms with Crippen LogP contribution < -0.4 is 0 Å². The number of benzene rings is 2. The van der Waals surface area contributed by atoms with Gasteiger partial charge in [-0.2, -0.15) is 0 Å². The van der Waals surface area contributed by atoms with Crippen LogP contribution in [0.3, 0.4) is 0 Å². The van der Waals surface area contributed by atoms with Crippen molar-refractivity contribution in [3.63, 3.8) is 0 Å². The van der Waals surface area contributed by atoms with E-state index in [1.165, 1.54) is 6.21 Å². The average Bonchev–Trinajstić information content (AvgIpc) is 2.49. The van der Waals surface area contributed by atoms with Gasteiger partial charge >= 0.3 is 0 Å². The Balaban J connectivity index is 1.96. The normalized spacial score (nSPS) is 11.7. The van der Waals surface area contributed by atoms with Crippen molar-refractivity contribution < 1.29 is 10.0 Å². The Hall–Kier alpha value is -2.62. The van der Waals surface area contributed by atoms with Crippen LogP contribution >= 0.6 is 0 Å². The van der Waals surface area contributed by atoms with Gasteiger partial charge < -0.3 is 10.0 Å². The molecule has 1 N–H and O–H groups in total. The molecule has 0 amide bonds. The molecule has 4 nitrogen and oxygen atoms in total. The Morgan fingerprint density at radius 3 is 2.15 bits per heavy atom. The molecule has 0 saturated carbocycles. The van der Waals surface area contributed by atoms with E-state index in [1.807, 2.05) is 60.7 Å². The van der Waals surface area contributed by atoms with Gasteiger partial charge in [-0.25, -0.2) is 0 Å². The van der Waals surface area contributed by atoms with Crippen LogP contribution in [0, 0.1) is 0 Å². The molecule has 0 aliphatic carbocycles. The summed E-state index contributed by atoms with van der Waals surface area (Å²) < 4.78 is 0. The van der Waals surface area contributed by atoms with Crippen molar-refractivity contribution in [3.05, 3.63) is 71.8 Å². The van der Waals surface area contributed by atoms with E-state index < -0.39 is 0 Å². The molecule has 0 aliphatic heterocycles. The van der Waals surface area contributed by atoms with Crippen LogP contribution in [-0.2, 0) is 17.9 Å². The molecule has 102 valence electrons. The lowest BCUT2D eigenvalue weighted by molar-refractivity contribution is 0.130. The van der Waals surface area contributed by atoms with Crippen LogP contribution in [-0.4, -0.2) is 17.1 Å². The molecule has 0 unspecified atom stereocenters. The van der Waals surface area contributed by atoms with E-state index in [4.69, 9.17) is 10.0 Å². The van der Waals surface area contributed by atoms with Gasteiger partial charge in [-0.15, -0.1) is 0 Å². The van der Waals surface area contributed by atoms with Gasteiger partial charge in [0.1, 0.15) is 12.3 Å². The summed E-state index contributed by atoms with van der Waals surface area (Å²) in [4.78, 5) is 5.29. The first-order chi connectivity index (χ1) is 9.88. The Bertz CT molecular complexity index is 566. The highest BCUT2D eigenvalue weighted by atomic mass is 16.6. The molecule has 0 bridgehead atoms. The van der Waals surface area contributed by atoms with E-state index in [9.17, 15) is 0 Å². The quantitative estimate of drug-likeness (QED) is 0.496. The molecule has 20 heavy (non-hydrogen) atoms. The second-order valence-corrected chi connectivity index (χ2v) is 4.25. The van der Waals surface area contributed by atoms with Gasteiger partial charge in [-0.1, -0.05) is 71.0 Å². The van der Waals surface area contributed by atoms with Crippen molar-refractivity contribution in [3.8, 4) is 0 Å². The van der Waals surface area contributed by atoms with Crippen LogP contribution in [0.5, 0.6) is 0 Å². The molecule has 2 aromatic rings. The largest absolute Gasteiger partial charge is 0.411 e. The fourth-order valence-corrected chi connectivity index (χ4v) is 1.74. The highest BCUT2D eigenvalue weighted by Gasteiger charge is 2.00. The first-order valence-electron chi connectivity index (χ1n) is 6.32. The van der Waals surface area contributed by atoms with Crippen LogP contribution in [0.15, 0.2) is 71.0 Å². The minimum Gasteiger partial charge on any atom is -0.411 e. The van der Waals surface area contributed by atoms with E-state index in [-0.39, 0.29) is 0 Å². The van der Waals surface area contributed by atoms with Gasteiger partial charge in [0.2, 0.25) is 0 Å². The number of hydrogen-bond donors (Lipinski definition) is 1. The van der Waals surface area contributed by atoms with Gasteiger partial charge in [-0.05, 0) is 11.1 Å². The number of hydrogen-bond acceptors (Lipinski definition) is 4. The average molecular weight is 268 g/mol. The summed E-state index contributed by atoms with van der Waals surface area (Å²) in [6.45, 7) is 0.387. The molecule has 0 spiro atoms. The SMILES string of the molecule is ON=CC(Cc1ccccc1)=NOCc1ccccc1. The third-order valence-electron chi connectivity index (χ3n) is 2.69. The van der Waals surface area contributed by atoms with E-state index in [0.717, 1.165) is 11.1 Å². The van der Waals surface area contributed by atoms with Crippen LogP contribution in [0.1, 0.15) is 11.1 Å². The molecule has 2 rings (SSSR count). The number of oxime groups is 2. The smallest absolute Gasteiger partial charge is 0.142 e. The fourth-order valence-electron chi connectivity index (χ4n) is 1.74. The monoisotopic (exact) mass is 268 g/mol. The predicted octanol–water partition coefficient (Wildman–Crippen LogP) is 3.26. The zero-order valence-corrected chi connectivity index (χ0v) is 11.0. The van der Waals surface area contributed by atoms with E-state index in [0.29, 0.717) is 18.7 Å².